The molecule has 0 saturated carbocycles. The Balaban J connectivity index is 2.03. The van der Waals surface area contributed by atoms with Crippen LogP contribution in [0, 0.1) is 0 Å². The van der Waals surface area contributed by atoms with Gasteiger partial charge in [0.25, 0.3) is 0 Å². The molecule has 1 N–H and O–H groups in total. The van der Waals surface area contributed by atoms with Gasteiger partial charge in [0.15, 0.2) is 5.58 Å². The molecule has 0 aliphatic carbocycles. The van der Waals surface area contributed by atoms with Crippen molar-refractivity contribution in [3.63, 3.8) is 0 Å². The summed E-state index contributed by atoms with van der Waals surface area (Å²) in [4.78, 5) is 15.7. The van der Waals surface area contributed by atoms with Crippen molar-refractivity contribution < 1.29 is 14.3 Å². The molecule has 0 saturated heterocycles. The second-order valence-corrected chi connectivity index (χ2v) is 6.00. The summed E-state index contributed by atoms with van der Waals surface area (Å²) in [5.74, 6) is -0.839. The number of aromatic nitrogens is 1. The number of nitrogens with zero attached hydrogens (tertiary/aromatic N) is 1. The van der Waals surface area contributed by atoms with Gasteiger partial charge in [0.1, 0.15) is 5.52 Å². The van der Waals surface area contributed by atoms with Crippen LogP contribution in [-0.2, 0) is 17.6 Å². The van der Waals surface area contributed by atoms with E-state index in [9.17, 15) is 4.79 Å². The highest BCUT2D eigenvalue weighted by atomic mass is 16.4. The predicted molar refractivity (Wildman–Crippen MR) is 94.3 cm³/mol. The Morgan fingerprint density at radius 3 is 2.54 bits per heavy atom. The zero-order chi connectivity index (χ0) is 17.3. The molecule has 1 heterocycles. The SMILES string of the molecule is CCc1ccc(-c2nc3cc(C(C)C(=O)O)ccc3o2)cc1CC. The highest BCUT2D eigenvalue weighted by Gasteiger charge is 2.16. The first-order valence-electron chi connectivity index (χ1n) is 8.29. The molecule has 4 nitrogen and oxygen atoms in total. The first kappa shape index (κ1) is 16.2. The van der Waals surface area contributed by atoms with Crippen molar-refractivity contribution >= 4 is 17.1 Å². The molecule has 0 aliphatic rings. The summed E-state index contributed by atoms with van der Waals surface area (Å²) in [6.07, 6.45) is 1.98. The van der Waals surface area contributed by atoms with Crippen molar-refractivity contribution in [2.24, 2.45) is 0 Å². The molecule has 4 heteroatoms. The van der Waals surface area contributed by atoms with Crippen molar-refractivity contribution in [2.45, 2.75) is 39.5 Å². The van der Waals surface area contributed by atoms with Crippen LogP contribution in [0.2, 0.25) is 0 Å². The van der Waals surface area contributed by atoms with Crippen molar-refractivity contribution in [2.75, 3.05) is 0 Å². The lowest BCUT2D eigenvalue weighted by molar-refractivity contribution is -0.138. The fourth-order valence-electron chi connectivity index (χ4n) is 2.91. The second-order valence-electron chi connectivity index (χ2n) is 6.00. The number of oxazole rings is 1. The Morgan fingerprint density at radius 1 is 1.12 bits per heavy atom. The minimum Gasteiger partial charge on any atom is -0.481 e. The molecule has 0 radical (unpaired) electrons. The number of rotatable bonds is 5. The van der Waals surface area contributed by atoms with Gasteiger partial charge in [-0.05, 0) is 60.7 Å². The van der Waals surface area contributed by atoms with E-state index < -0.39 is 11.9 Å². The lowest BCUT2D eigenvalue weighted by Crippen LogP contribution is -2.06. The van der Waals surface area contributed by atoms with E-state index in [4.69, 9.17) is 9.52 Å². The topological polar surface area (TPSA) is 63.3 Å². The standard InChI is InChI=1S/C20H21NO3/c1-4-13-6-7-16(10-14(13)5-2)19-21-17-11-15(12(3)20(22)23)8-9-18(17)24-19/h6-12H,4-5H2,1-3H3,(H,22,23). The van der Waals surface area contributed by atoms with Crippen molar-refractivity contribution in [3.8, 4) is 11.5 Å². The summed E-state index contributed by atoms with van der Waals surface area (Å²) in [6, 6.07) is 11.7. The summed E-state index contributed by atoms with van der Waals surface area (Å²) < 4.78 is 5.86. The summed E-state index contributed by atoms with van der Waals surface area (Å²) in [7, 11) is 0. The van der Waals surface area contributed by atoms with Crippen LogP contribution in [0.3, 0.4) is 0 Å². The highest BCUT2D eigenvalue weighted by Crippen LogP contribution is 2.28. The maximum atomic E-state index is 11.1. The lowest BCUT2D eigenvalue weighted by Gasteiger charge is -2.06. The van der Waals surface area contributed by atoms with Crippen LogP contribution >= 0.6 is 0 Å². The molecular weight excluding hydrogens is 302 g/mol. The molecule has 3 rings (SSSR count). The zero-order valence-corrected chi connectivity index (χ0v) is 14.2. The molecule has 3 aromatic rings. The highest BCUT2D eigenvalue weighted by molar-refractivity contribution is 5.81. The molecule has 1 unspecified atom stereocenters. The van der Waals surface area contributed by atoms with Crippen molar-refractivity contribution in [3.05, 3.63) is 53.1 Å². The fourth-order valence-corrected chi connectivity index (χ4v) is 2.91. The van der Waals surface area contributed by atoms with Crippen molar-refractivity contribution in [1.29, 1.82) is 0 Å². The minimum atomic E-state index is -0.846. The number of fused-ring (bicyclic) bond motifs is 1. The summed E-state index contributed by atoms with van der Waals surface area (Å²) in [6.45, 7) is 5.96. The maximum Gasteiger partial charge on any atom is 0.310 e. The number of carboxylic acid groups (broad SMARTS) is 1. The fraction of sp³-hybridized carbons (Fsp3) is 0.300. The van der Waals surface area contributed by atoms with Gasteiger partial charge in [-0.15, -0.1) is 0 Å². The molecule has 0 fully saturated rings. The number of aryl methyl sites for hydroxylation is 2. The number of aliphatic carboxylic acids is 1. The molecule has 0 bridgehead atoms. The quantitative estimate of drug-likeness (QED) is 0.732. The number of hydrogen-bond acceptors (Lipinski definition) is 3. The number of benzene rings is 2. The van der Waals surface area contributed by atoms with Crippen LogP contribution in [-0.4, -0.2) is 16.1 Å². The molecule has 1 atom stereocenters. The number of carbonyl (C=O) groups is 1. The Labute approximate surface area is 141 Å². The van der Waals surface area contributed by atoms with Crippen molar-refractivity contribution in [1.82, 2.24) is 4.98 Å². The smallest absolute Gasteiger partial charge is 0.310 e. The Bertz CT molecular complexity index is 895. The minimum absolute atomic E-state index is 0.565. The van der Waals surface area contributed by atoms with E-state index in [1.807, 2.05) is 6.07 Å². The number of carboxylic acids is 1. The first-order valence-corrected chi connectivity index (χ1v) is 8.29. The van der Waals surface area contributed by atoms with E-state index in [2.05, 4.69) is 31.0 Å². The van der Waals surface area contributed by atoms with Gasteiger partial charge < -0.3 is 9.52 Å². The summed E-state index contributed by atoms with van der Waals surface area (Å²) in [5, 5.41) is 9.15. The monoisotopic (exact) mass is 323 g/mol. The third-order valence-electron chi connectivity index (χ3n) is 4.50. The van der Waals surface area contributed by atoms with Crippen LogP contribution in [0.15, 0.2) is 40.8 Å². The maximum absolute atomic E-state index is 11.1. The van der Waals surface area contributed by atoms with Gasteiger partial charge in [0.2, 0.25) is 5.89 Å². The zero-order valence-electron chi connectivity index (χ0n) is 14.2. The molecule has 0 amide bonds. The third-order valence-corrected chi connectivity index (χ3v) is 4.50. The van der Waals surface area contributed by atoms with E-state index in [0.717, 1.165) is 24.0 Å². The lowest BCUT2D eigenvalue weighted by atomic mass is 10.00. The van der Waals surface area contributed by atoms with E-state index >= 15 is 0 Å². The third kappa shape index (κ3) is 2.92. The van der Waals surface area contributed by atoms with E-state index in [1.54, 1.807) is 25.1 Å². The number of hydrogen-bond donors (Lipinski definition) is 1. The first-order chi connectivity index (χ1) is 11.5. The van der Waals surface area contributed by atoms with Gasteiger partial charge in [0, 0.05) is 5.56 Å². The molecule has 2 aromatic carbocycles. The van der Waals surface area contributed by atoms with E-state index in [-0.39, 0.29) is 0 Å². The average molecular weight is 323 g/mol. The van der Waals surface area contributed by atoms with Crippen LogP contribution < -0.4 is 0 Å². The van der Waals surface area contributed by atoms with E-state index in [1.165, 1.54) is 11.1 Å². The van der Waals surface area contributed by atoms with Gasteiger partial charge in [-0.2, -0.15) is 0 Å². The Hall–Kier alpha value is -2.62. The normalized spacial score (nSPS) is 12.5. The molecule has 24 heavy (non-hydrogen) atoms. The van der Waals surface area contributed by atoms with E-state index in [0.29, 0.717) is 17.0 Å². The Morgan fingerprint density at radius 2 is 1.88 bits per heavy atom. The van der Waals surface area contributed by atoms with Crippen LogP contribution in [0.5, 0.6) is 0 Å². The van der Waals surface area contributed by atoms with Crippen LogP contribution in [0.1, 0.15) is 43.4 Å². The van der Waals surface area contributed by atoms with Crippen LogP contribution in [0.25, 0.3) is 22.6 Å². The van der Waals surface area contributed by atoms with Gasteiger partial charge in [-0.3, -0.25) is 4.79 Å². The molecule has 0 aliphatic heterocycles. The van der Waals surface area contributed by atoms with Gasteiger partial charge in [-0.1, -0.05) is 26.0 Å². The molecule has 0 spiro atoms. The second kappa shape index (κ2) is 6.48. The van der Waals surface area contributed by atoms with Gasteiger partial charge >= 0.3 is 5.97 Å². The molecule has 124 valence electrons. The van der Waals surface area contributed by atoms with Gasteiger partial charge in [0.05, 0.1) is 5.92 Å². The molecular formula is C20H21NO3. The Kier molecular flexibility index (Phi) is 4.38. The summed E-state index contributed by atoms with van der Waals surface area (Å²) >= 11 is 0. The van der Waals surface area contributed by atoms with Crippen LogP contribution in [0.4, 0.5) is 0 Å². The predicted octanol–water partition coefficient (Wildman–Crippen LogP) is 4.81. The van der Waals surface area contributed by atoms with Gasteiger partial charge in [-0.25, -0.2) is 4.98 Å². The molecule has 1 aromatic heterocycles. The average Bonchev–Trinajstić information content (AvgIpc) is 3.03. The summed E-state index contributed by atoms with van der Waals surface area (Å²) in [5.41, 5.74) is 5.68. The largest absolute Gasteiger partial charge is 0.481 e.